The van der Waals surface area contributed by atoms with Gasteiger partial charge in [0.1, 0.15) is 11.3 Å². The van der Waals surface area contributed by atoms with Crippen LogP contribution in [-0.4, -0.2) is 18.3 Å². The van der Waals surface area contributed by atoms with Crippen LogP contribution in [-0.2, 0) is 34.4 Å². The summed E-state index contributed by atoms with van der Waals surface area (Å²) in [4.78, 5) is 25.9. The first-order valence-corrected chi connectivity index (χ1v) is 11.6. The number of ether oxygens (including phenoxy) is 1. The zero-order chi connectivity index (χ0) is 21.6. The molecule has 4 nitrogen and oxygen atoms in total. The highest BCUT2D eigenvalue weighted by molar-refractivity contribution is 5.94. The highest BCUT2D eigenvalue weighted by atomic mass is 16.5. The Morgan fingerprint density at radius 2 is 1.68 bits per heavy atom. The van der Waals surface area contributed by atoms with Crippen LogP contribution in [0.1, 0.15) is 61.8 Å². The normalized spacial score (nSPS) is 23.5. The average molecular weight is 418 g/mol. The van der Waals surface area contributed by atoms with Gasteiger partial charge in [0.25, 0.3) is 0 Å². The van der Waals surface area contributed by atoms with Crippen LogP contribution < -0.4 is 10.1 Å². The fraction of sp³-hybridized carbons (Fsp3) is 0.481. The van der Waals surface area contributed by atoms with Gasteiger partial charge in [-0.2, -0.15) is 0 Å². The van der Waals surface area contributed by atoms with Gasteiger partial charge in [-0.1, -0.05) is 30.3 Å². The molecule has 0 aliphatic heterocycles. The van der Waals surface area contributed by atoms with Crippen LogP contribution in [0.3, 0.4) is 0 Å². The van der Waals surface area contributed by atoms with E-state index in [-0.39, 0.29) is 17.1 Å². The van der Waals surface area contributed by atoms with Gasteiger partial charge in [0.2, 0.25) is 5.91 Å². The zero-order valence-corrected chi connectivity index (χ0v) is 18.5. The van der Waals surface area contributed by atoms with E-state index in [0.717, 1.165) is 55.6 Å². The molecular formula is C27H31NO3. The van der Waals surface area contributed by atoms with Crippen LogP contribution in [0.2, 0.25) is 0 Å². The van der Waals surface area contributed by atoms with E-state index in [2.05, 4.69) is 35.6 Å². The van der Waals surface area contributed by atoms with Crippen LogP contribution in [0, 0.1) is 11.3 Å². The summed E-state index contributed by atoms with van der Waals surface area (Å²) in [6, 6.07) is 14.8. The molecule has 2 aromatic carbocycles. The molecule has 3 aliphatic rings. The van der Waals surface area contributed by atoms with Gasteiger partial charge in [0.05, 0.1) is 6.61 Å². The molecule has 1 saturated carbocycles. The molecule has 1 atom stereocenters. The van der Waals surface area contributed by atoms with E-state index >= 15 is 0 Å². The van der Waals surface area contributed by atoms with Crippen molar-refractivity contribution in [2.24, 2.45) is 11.3 Å². The third kappa shape index (κ3) is 3.37. The SMILES string of the molecule is CC(=O)NC1(C(C)=O)c2cc(OCC3CC3)ccc2CC12CCc1ccccc1CC2. The predicted octanol–water partition coefficient (Wildman–Crippen LogP) is 4.52. The minimum Gasteiger partial charge on any atom is -0.493 e. The maximum atomic E-state index is 13.5. The Hall–Kier alpha value is -2.62. The van der Waals surface area contributed by atoms with Gasteiger partial charge >= 0.3 is 0 Å². The lowest BCUT2D eigenvalue weighted by atomic mass is 9.63. The molecule has 1 spiro atoms. The van der Waals surface area contributed by atoms with Gasteiger partial charge in [-0.05, 0) is 92.2 Å². The number of aryl methyl sites for hydroxylation is 2. The number of hydrogen-bond acceptors (Lipinski definition) is 3. The molecule has 0 saturated heterocycles. The van der Waals surface area contributed by atoms with Gasteiger partial charge in [-0.25, -0.2) is 0 Å². The second-order valence-electron chi connectivity index (χ2n) is 9.79. The number of Topliss-reactive ketones (excluding diaryl/α,β-unsaturated/α-hetero) is 1. The van der Waals surface area contributed by atoms with Crippen LogP contribution >= 0.6 is 0 Å². The summed E-state index contributed by atoms with van der Waals surface area (Å²) in [5.41, 5.74) is 3.49. The molecule has 1 N–H and O–H groups in total. The number of amides is 1. The summed E-state index contributed by atoms with van der Waals surface area (Å²) < 4.78 is 6.06. The number of benzene rings is 2. The smallest absolute Gasteiger partial charge is 0.217 e. The molecule has 162 valence electrons. The summed E-state index contributed by atoms with van der Waals surface area (Å²) in [5, 5.41) is 3.19. The molecule has 1 fully saturated rings. The van der Waals surface area contributed by atoms with E-state index in [1.54, 1.807) is 6.92 Å². The van der Waals surface area contributed by atoms with E-state index in [1.807, 2.05) is 12.1 Å². The monoisotopic (exact) mass is 417 g/mol. The minimum absolute atomic E-state index is 0.0201. The molecule has 1 amide bonds. The standard InChI is InChI=1S/C27H31NO3/c1-18(29)27(28-19(2)30)25-15-24(31-17-20-7-8-20)10-9-23(25)16-26(27)13-11-21-5-3-4-6-22(21)12-14-26/h3-6,9-10,15,20H,7-8,11-14,16-17H2,1-2H3,(H,28,30). The first-order chi connectivity index (χ1) is 14.9. The topological polar surface area (TPSA) is 55.4 Å². The van der Waals surface area contributed by atoms with Gasteiger partial charge in [0, 0.05) is 12.3 Å². The van der Waals surface area contributed by atoms with Gasteiger partial charge < -0.3 is 10.1 Å². The lowest BCUT2D eigenvalue weighted by Crippen LogP contribution is -2.59. The number of fused-ring (bicyclic) bond motifs is 2. The van der Waals surface area contributed by atoms with Crippen LogP contribution in [0.25, 0.3) is 0 Å². The highest BCUT2D eigenvalue weighted by Crippen LogP contribution is 2.57. The Morgan fingerprint density at radius 3 is 2.26 bits per heavy atom. The maximum absolute atomic E-state index is 13.5. The van der Waals surface area contributed by atoms with Crippen molar-refractivity contribution in [3.8, 4) is 5.75 Å². The van der Waals surface area contributed by atoms with E-state index in [4.69, 9.17) is 4.74 Å². The Morgan fingerprint density at radius 1 is 1.00 bits per heavy atom. The first-order valence-electron chi connectivity index (χ1n) is 11.6. The number of hydrogen-bond donors (Lipinski definition) is 1. The number of nitrogens with one attached hydrogen (secondary N) is 1. The van der Waals surface area contributed by atoms with Crippen molar-refractivity contribution >= 4 is 11.7 Å². The molecule has 31 heavy (non-hydrogen) atoms. The van der Waals surface area contributed by atoms with Crippen molar-refractivity contribution < 1.29 is 14.3 Å². The van der Waals surface area contributed by atoms with Crippen molar-refractivity contribution in [3.63, 3.8) is 0 Å². The van der Waals surface area contributed by atoms with Crippen LogP contribution in [0.5, 0.6) is 5.75 Å². The summed E-state index contributed by atoms with van der Waals surface area (Å²) in [6.45, 7) is 3.89. The minimum atomic E-state index is -1.00. The fourth-order valence-electron chi connectivity index (χ4n) is 6.01. The maximum Gasteiger partial charge on any atom is 0.217 e. The molecule has 1 unspecified atom stereocenters. The molecular weight excluding hydrogens is 386 g/mol. The molecule has 0 radical (unpaired) electrons. The molecule has 3 aliphatic carbocycles. The van der Waals surface area contributed by atoms with E-state index in [9.17, 15) is 9.59 Å². The second kappa shape index (κ2) is 7.51. The number of carbonyl (C=O) groups excluding carboxylic acids is 2. The summed E-state index contributed by atoms with van der Waals surface area (Å²) in [5.74, 6) is 1.32. The highest BCUT2D eigenvalue weighted by Gasteiger charge is 2.61. The predicted molar refractivity (Wildman–Crippen MR) is 120 cm³/mol. The third-order valence-electron chi connectivity index (χ3n) is 7.75. The van der Waals surface area contributed by atoms with Crippen molar-refractivity contribution in [2.75, 3.05) is 6.61 Å². The lowest BCUT2D eigenvalue weighted by molar-refractivity contribution is -0.136. The van der Waals surface area contributed by atoms with E-state index < -0.39 is 5.54 Å². The van der Waals surface area contributed by atoms with Crippen LogP contribution in [0.15, 0.2) is 42.5 Å². The number of carbonyl (C=O) groups is 2. The van der Waals surface area contributed by atoms with Crippen LogP contribution in [0.4, 0.5) is 0 Å². The number of ketones is 1. The third-order valence-corrected chi connectivity index (χ3v) is 7.75. The van der Waals surface area contributed by atoms with E-state index in [1.165, 1.54) is 30.9 Å². The van der Waals surface area contributed by atoms with Crippen molar-refractivity contribution in [1.29, 1.82) is 0 Å². The Balaban J connectivity index is 1.59. The van der Waals surface area contributed by atoms with Crippen molar-refractivity contribution in [3.05, 3.63) is 64.7 Å². The van der Waals surface area contributed by atoms with Crippen molar-refractivity contribution in [1.82, 2.24) is 5.32 Å². The molecule has 4 heteroatoms. The molecule has 0 bridgehead atoms. The van der Waals surface area contributed by atoms with Gasteiger partial charge in [-0.3, -0.25) is 9.59 Å². The lowest BCUT2D eigenvalue weighted by Gasteiger charge is -2.45. The number of rotatable bonds is 5. The average Bonchev–Trinajstić information content (AvgIpc) is 3.55. The largest absolute Gasteiger partial charge is 0.493 e. The Kier molecular flexibility index (Phi) is 4.91. The summed E-state index contributed by atoms with van der Waals surface area (Å²) in [7, 11) is 0. The second-order valence-corrected chi connectivity index (χ2v) is 9.79. The summed E-state index contributed by atoms with van der Waals surface area (Å²) in [6.07, 6.45) is 6.86. The quantitative estimate of drug-likeness (QED) is 0.778. The van der Waals surface area contributed by atoms with E-state index in [0.29, 0.717) is 5.92 Å². The Bertz CT molecular complexity index is 1010. The molecule has 2 aromatic rings. The molecule has 0 aromatic heterocycles. The summed E-state index contributed by atoms with van der Waals surface area (Å²) >= 11 is 0. The van der Waals surface area contributed by atoms with Crippen molar-refractivity contribution in [2.45, 2.75) is 64.3 Å². The zero-order valence-electron chi connectivity index (χ0n) is 18.5. The van der Waals surface area contributed by atoms with Gasteiger partial charge in [-0.15, -0.1) is 0 Å². The molecule has 5 rings (SSSR count). The van der Waals surface area contributed by atoms with Gasteiger partial charge in [0.15, 0.2) is 5.78 Å². The Labute approximate surface area is 184 Å². The fourth-order valence-corrected chi connectivity index (χ4v) is 6.01. The molecule has 0 heterocycles. The first kappa shape index (κ1) is 20.3.